The van der Waals surface area contributed by atoms with E-state index in [2.05, 4.69) is 143 Å². The third kappa shape index (κ3) is 9.78. The van der Waals surface area contributed by atoms with E-state index in [1.165, 1.54) is 0 Å². The Morgan fingerprint density at radius 3 is 1.56 bits per heavy atom. The molecule has 0 amide bonds. The van der Waals surface area contributed by atoms with Crippen LogP contribution in [0.2, 0.25) is 0 Å². The van der Waals surface area contributed by atoms with Gasteiger partial charge in [0, 0.05) is 11.9 Å². The smallest absolute Gasteiger partial charge is 0.147 e. The summed E-state index contributed by atoms with van der Waals surface area (Å²) in [4.78, 5) is 0.386. The maximum atomic E-state index is 6.02. The molecule has 0 saturated heterocycles. The molecule has 0 aliphatic carbocycles. The van der Waals surface area contributed by atoms with Gasteiger partial charge in [0.2, 0.25) is 0 Å². The zero-order chi connectivity index (χ0) is 23.7. The van der Waals surface area contributed by atoms with Gasteiger partial charge in [-0.05, 0) is 112 Å². The first-order valence-corrected chi connectivity index (χ1v) is 16.0. The lowest BCUT2D eigenvalue weighted by Crippen LogP contribution is -2.18. The van der Waals surface area contributed by atoms with Gasteiger partial charge in [-0.1, -0.05) is 54.7 Å². The molecule has 10 heteroatoms. The summed E-state index contributed by atoms with van der Waals surface area (Å²) in [6.07, 6.45) is 1.78. The maximum absolute atomic E-state index is 6.02. The predicted octanol–water partition coefficient (Wildman–Crippen LogP) is 9.43. The van der Waals surface area contributed by atoms with Crippen LogP contribution in [0.4, 0.5) is 0 Å². The standard InChI is InChI=1S/C22H23Br7O3/c1-2-3-30-10-16(25)12-32-22-19(28)7-14(8-20(22)29)4-13-5-17(26)21(18(27)6-13)31-11-15(24)9-23/h5-8,15-16H,2-4,9-12H2,1H3. The summed E-state index contributed by atoms with van der Waals surface area (Å²) in [7, 11) is 0. The van der Waals surface area contributed by atoms with Crippen LogP contribution in [0, 0.1) is 0 Å². The monoisotopic (exact) mass is 888 g/mol. The van der Waals surface area contributed by atoms with Crippen LogP contribution < -0.4 is 9.47 Å². The Labute approximate surface area is 249 Å². The van der Waals surface area contributed by atoms with Crippen LogP contribution >= 0.6 is 112 Å². The molecule has 2 aromatic carbocycles. The van der Waals surface area contributed by atoms with Crippen molar-refractivity contribution < 1.29 is 14.2 Å². The number of rotatable bonds is 13. The van der Waals surface area contributed by atoms with Crippen LogP contribution in [0.1, 0.15) is 24.5 Å². The van der Waals surface area contributed by atoms with E-state index in [9.17, 15) is 0 Å². The second kappa shape index (κ2) is 15.5. The lowest BCUT2D eigenvalue weighted by molar-refractivity contribution is 0.125. The molecule has 0 fully saturated rings. The molecule has 0 saturated carbocycles. The number of hydrogen-bond donors (Lipinski definition) is 0. The van der Waals surface area contributed by atoms with E-state index in [1.54, 1.807) is 0 Å². The first kappa shape index (κ1) is 29.6. The third-order valence-corrected chi connectivity index (χ3v) is 9.28. The summed E-state index contributed by atoms with van der Waals surface area (Å²) in [5.74, 6) is 1.59. The predicted molar refractivity (Wildman–Crippen MR) is 158 cm³/mol. The highest BCUT2D eigenvalue weighted by molar-refractivity contribution is 9.12. The Bertz CT molecular complexity index is 833. The van der Waals surface area contributed by atoms with Crippen LogP contribution in [-0.4, -0.2) is 41.4 Å². The fourth-order valence-electron chi connectivity index (χ4n) is 2.74. The highest BCUT2D eigenvalue weighted by Crippen LogP contribution is 2.38. The Morgan fingerprint density at radius 1 is 0.719 bits per heavy atom. The molecule has 0 heterocycles. The first-order valence-electron chi connectivity index (χ1n) is 9.88. The molecule has 0 aliphatic rings. The highest BCUT2D eigenvalue weighted by Gasteiger charge is 2.15. The minimum Gasteiger partial charge on any atom is -0.490 e. The maximum Gasteiger partial charge on any atom is 0.147 e. The highest BCUT2D eigenvalue weighted by atomic mass is 79.9. The van der Waals surface area contributed by atoms with Crippen molar-refractivity contribution >= 4 is 112 Å². The lowest BCUT2D eigenvalue weighted by Gasteiger charge is -2.16. The number of ether oxygens (including phenoxy) is 3. The molecule has 0 N–H and O–H groups in total. The fourth-order valence-corrected chi connectivity index (χ4v) is 6.39. The van der Waals surface area contributed by atoms with Gasteiger partial charge in [-0.3, -0.25) is 0 Å². The Morgan fingerprint density at radius 2 is 1.16 bits per heavy atom. The van der Waals surface area contributed by atoms with Crippen LogP contribution in [-0.2, 0) is 11.2 Å². The molecule has 32 heavy (non-hydrogen) atoms. The summed E-state index contributed by atoms with van der Waals surface area (Å²) in [5.41, 5.74) is 2.32. The minimum absolute atomic E-state index is 0.136. The molecule has 2 rings (SSSR count). The van der Waals surface area contributed by atoms with Crippen LogP contribution in [0.15, 0.2) is 42.2 Å². The number of hydrogen-bond acceptors (Lipinski definition) is 3. The first-order chi connectivity index (χ1) is 15.2. The van der Waals surface area contributed by atoms with Crippen molar-refractivity contribution in [3.05, 3.63) is 53.3 Å². The molecular weight excluding hydrogens is 872 g/mol. The molecule has 178 valence electrons. The largest absolute Gasteiger partial charge is 0.490 e. The molecular formula is C22H23Br7O3. The van der Waals surface area contributed by atoms with Gasteiger partial charge in [0.05, 0.1) is 34.2 Å². The Balaban J connectivity index is 2.05. The number of benzene rings is 2. The average Bonchev–Trinajstić information content (AvgIpc) is 2.72. The summed E-state index contributed by atoms with van der Waals surface area (Å²) in [5, 5.41) is 0.826. The van der Waals surface area contributed by atoms with Gasteiger partial charge < -0.3 is 14.2 Å². The van der Waals surface area contributed by atoms with Gasteiger partial charge >= 0.3 is 0 Å². The summed E-state index contributed by atoms with van der Waals surface area (Å²) in [6.45, 7) is 4.57. The summed E-state index contributed by atoms with van der Waals surface area (Å²) >= 11 is 25.2. The average molecular weight is 895 g/mol. The van der Waals surface area contributed by atoms with Crippen molar-refractivity contribution in [1.82, 2.24) is 0 Å². The normalized spacial score (nSPS) is 13.1. The van der Waals surface area contributed by atoms with Crippen molar-refractivity contribution in [3.8, 4) is 11.5 Å². The fraction of sp³-hybridized carbons (Fsp3) is 0.455. The van der Waals surface area contributed by atoms with E-state index in [1.807, 2.05) is 0 Å². The van der Waals surface area contributed by atoms with Crippen molar-refractivity contribution in [1.29, 1.82) is 0 Å². The molecule has 0 bridgehead atoms. The molecule has 0 aliphatic heterocycles. The van der Waals surface area contributed by atoms with Crippen LogP contribution in [0.25, 0.3) is 0 Å². The van der Waals surface area contributed by atoms with Crippen molar-refractivity contribution in [2.45, 2.75) is 29.4 Å². The zero-order valence-corrected chi connectivity index (χ0v) is 28.4. The van der Waals surface area contributed by atoms with Gasteiger partial charge in [-0.25, -0.2) is 0 Å². The van der Waals surface area contributed by atoms with E-state index < -0.39 is 0 Å². The van der Waals surface area contributed by atoms with E-state index in [0.717, 1.165) is 65.3 Å². The van der Waals surface area contributed by atoms with Crippen LogP contribution in [0.3, 0.4) is 0 Å². The molecule has 3 nitrogen and oxygen atoms in total. The molecule has 2 atom stereocenters. The topological polar surface area (TPSA) is 27.7 Å². The second-order valence-electron chi connectivity index (χ2n) is 7.00. The zero-order valence-electron chi connectivity index (χ0n) is 17.3. The van der Waals surface area contributed by atoms with Crippen molar-refractivity contribution in [2.24, 2.45) is 0 Å². The van der Waals surface area contributed by atoms with Gasteiger partial charge in [0.1, 0.15) is 24.7 Å². The summed E-state index contributed by atoms with van der Waals surface area (Å²) < 4.78 is 21.2. The second-order valence-corrected chi connectivity index (χ2v) is 13.7. The number of alkyl halides is 3. The Hall–Kier alpha value is 1.36. The summed E-state index contributed by atoms with van der Waals surface area (Å²) in [6, 6.07) is 8.37. The van der Waals surface area contributed by atoms with Crippen molar-refractivity contribution in [3.63, 3.8) is 0 Å². The van der Waals surface area contributed by atoms with Crippen LogP contribution in [0.5, 0.6) is 11.5 Å². The van der Waals surface area contributed by atoms with Gasteiger partial charge in [0.15, 0.2) is 0 Å². The molecule has 2 aromatic rings. The van der Waals surface area contributed by atoms with Gasteiger partial charge in [0.25, 0.3) is 0 Å². The lowest BCUT2D eigenvalue weighted by atomic mass is 10.0. The van der Waals surface area contributed by atoms with Crippen molar-refractivity contribution in [2.75, 3.05) is 31.8 Å². The molecule has 0 radical (unpaired) electrons. The van der Waals surface area contributed by atoms with Gasteiger partial charge in [-0.2, -0.15) is 0 Å². The molecule has 2 unspecified atom stereocenters. The van der Waals surface area contributed by atoms with E-state index in [-0.39, 0.29) is 9.65 Å². The molecule has 0 spiro atoms. The number of halogens is 7. The SMILES string of the molecule is CCCOCC(Br)COc1c(Br)cc(Cc2cc(Br)c(OCC(Br)CBr)c(Br)c2)cc1Br. The third-order valence-electron chi connectivity index (χ3n) is 4.16. The van der Waals surface area contributed by atoms with E-state index in [0.29, 0.717) is 19.8 Å². The Kier molecular flexibility index (Phi) is 14.3. The van der Waals surface area contributed by atoms with E-state index >= 15 is 0 Å². The molecule has 0 aromatic heterocycles. The van der Waals surface area contributed by atoms with Gasteiger partial charge in [-0.15, -0.1) is 0 Å². The minimum atomic E-state index is 0.136. The van der Waals surface area contributed by atoms with E-state index in [4.69, 9.17) is 14.2 Å². The quantitative estimate of drug-likeness (QED) is 0.148.